The normalized spacial score (nSPS) is 51.2. The van der Waals surface area contributed by atoms with Crippen molar-refractivity contribution in [2.45, 2.75) is 58.6 Å². The Balaban J connectivity index is 1.89. The molecule has 0 amide bonds. The molecule has 4 fully saturated rings. The van der Waals surface area contributed by atoms with Crippen molar-refractivity contribution in [3.8, 4) is 0 Å². The minimum Gasteiger partial charge on any atom is -0.405 e. The van der Waals surface area contributed by atoms with Crippen LogP contribution < -0.4 is 0 Å². The molecule has 1 heterocycles. The third kappa shape index (κ3) is 1.09. The summed E-state index contributed by atoms with van der Waals surface area (Å²) in [5.74, 6) is 1.56. The van der Waals surface area contributed by atoms with Crippen LogP contribution in [0.3, 0.4) is 0 Å². The van der Waals surface area contributed by atoms with Gasteiger partial charge in [0.15, 0.2) is 0 Å². The number of rotatable bonds is 1. The number of hydrogen-bond acceptors (Lipinski definition) is 2. The summed E-state index contributed by atoms with van der Waals surface area (Å²) < 4.78 is 12.2. The lowest BCUT2D eigenvalue weighted by Gasteiger charge is -2.64. The van der Waals surface area contributed by atoms with Gasteiger partial charge in [-0.25, -0.2) is 0 Å². The van der Waals surface area contributed by atoms with Crippen LogP contribution in [0.5, 0.6) is 0 Å². The van der Waals surface area contributed by atoms with Gasteiger partial charge >= 0.3 is 7.12 Å². The van der Waals surface area contributed by atoms with Gasteiger partial charge < -0.3 is 9.31 Å². The van der Waals surface area contributed by atoms with Gasteiger partial charge in [0.2, 0.25) is 0 Å². The Bertz CT molecular complexity index is 291. The van der Waals surface area contributed by atoms with E-state index in [1.807, 2.05) is 0 Å². The molecule has 4 atom stereocenters. The maximum Gasteiger partial charge on any atom is 0.457 e. The molecule has 0 aromatic rings. The first-order valence-electron chi connectivity index (χ1n) is 6.31. The van der Waals surface area contributed by atoms with E-state index >= 15 is 0 Å². The van der Waals surface area contributed by atoms with E-state index in [2.05, 4.69) is 27.7 Å². The van der Waals surface area contributed by atoms with E-state index in [9.17, 15) is 0 Å². The Morgan fingerprint density at radius 1 is 1.27 bits per heavy atom. The molecule has 0 N–H and O–H groups in total. The van der Waals surface area contributed by atoms with Crippen LogP contribution in [0, 0.1) is 17.3 Å². The van der Waals surface area contributed by atoms with Crippen molar-refractivity contribution < 1.29 is 9.31 Å². The van der Waals surface area contributed by atoms with E-state index < -0.39 is 0 Å². The largest absolute Gasteiger partial charge is 0.457 e. The van der Waals surface area contributed by atoms with Crippen LogP contribution in [0.2, 0.25) is 6.32 Å². The van der Waals surface area contributed by atoms with E-state index in [1.54, 1.807) is 0 Å². The van der Waals surface area contributed by atoms with Gasteiger partial charge in [-0.15, -0.1) is 0 Å². The van der Waals surface area contributed by atoms with Gasteiger partial charge in [0.25, 0.3) is 0 Å². The van der Waals surface area contributed by atoms with Gasteiger partial charge in [-0.1, -0.05) is 20.8 Å². The molecule has 4 aliphatic rings. The highest BCUT2D eigenvalue weighted by Gasteiger charge is 2.67. The van der Waals surface area contributed by atoms with Gasteiger partial charge in [-0.3, -0.25) is 0 Å². The van der Waals surface area contributed by atoms with E-state index in [-0.39, 0.29) is 12.7 Å². The lowest BCUT2D eigenvalue weighted by molar-refractivity contribution is -0.199. The summed E-state index contributed by atoms with van der Waals surface area (Å²) in [4.78, 5) is 0. The zero-order valence-electron chi connectivity index (χ0n) is 10.2. The summed E-state index contributed by atoms with van der Waals surface area (Å²) in [6.07, 6.45) is 3.89. The lowest BCUT2D eigenvalue weighted by atomic mass is 9.43. The predicted molar refractivity (Wildman–Crippen MR) is 60.6 cm³/mol. The highest BCUT2D eigenvalue weighted by molar-refractivity contribution is 6.45. The molecule has 0 aromatic heterocycles. The predicted octanol–water partition coefficient (Wildman–Crippen LogP) is 2.73. The smallest absolute Gasteiger partial charge is 0.405 e. The van der Waals surface area contributed by atoms with Gasteiger partial charge in [-0.05, 0) is 43.3 Å². The van der Waals surface area contributed by atoms with E-state index in [0.29, 0.717) is 17.4 Å². The lowest BCUT2D eigenvalue weighted by Crippen LogP contribution is -2.65. The van der Waals surface area contributed by atoms with Crippen molar-refractivity contribution >= 4 is 7.12 Å². The average Bonchev–Trinajstić information content (AvgIpc) is 2.53. The van der Waals surface area contributed by atoms with E-state index in [1.165, 1.54) is 12.8 Å². The zero-order valence-corrected chi connectivity index (χ0v) is 10.2. The maximum atomic E-state index is 6.17. The SMILES string of the molecule is CCB1O[C@@H]2C[C@@H]3C[C@@H](C3(C)C)[C@]2(C)O1. The fraction of sp³-hybridized carbons (Fsp3) is 1.00. The van der Waals surface area contributed by atoms with Crippen LogP contribution in [0.4, 0.5) is 0 Å². The summed E-state index contributed by atoms with van der Waals surface area (Å²) in [5.41, 5.74) is 0.468. The van der Waals surface area contributed by atoms with Crippen LogP contribution in [-0.4, -0.2) is 18.8 Å². The fourth-order valence-electron chi connectivity index (χ4n) is 4.13. The molecular formula is C12H21BO2. The maximum absolute atomic E-state index is 6.17. The topological polar surface area (TPSA) is 18.5 Å². The highest BCUT2D eigenvalue weighted by Crippen LogP contribution is 2.65. The Morgan fingerprint density at radius 2 is 2.00 bits per heavy atom. The molecule has 3 heteroatoms. The molecule has 1 aliphatic heterocycles. The van der Waals surface area contributed by atoms with Crippen molar-refractivity contribution in [1.82, 2.24) is 0 Å². The summed E-state index contributed by atoms with van der Waals surface area (Å²) in [7, 11) is 0.0511. The van der Waals surface area contributed by atoms with Crippen molar-refractivity contribution in [2.75, 3.05) is 0 Å². The minimum absolute atomic E-state index is 0.00106. The van der Waals surface area contributed by atoms with Crippen LogP contribution >= 0.6 is 0 Å². The van der Waals surface area contributed by atoms with Gasteiger partial charge in [-0.2, -0.15) is 0 Å². The molecule has 0 unspecified atom stereocenters. The molecule has 0 spiro atoms. The van der Waals surface area contributed by atoms with Gasteiger partial charge in [0.1, 0.15) is 0 Å². The van der Waals surface area contributed by atoms with Crippen LogP contribution in [0.25, 0.3) is 0 Å². The van der Waals surface area contributed by atoms with Crippen molar-refractivity contribution in [2.24, 2.45) is 17.3 Å². The molecular weight excluding hydrogens is 187 g/mol. The first kappa shape index (κ1) is 10.2. The molecule has 2 bridgehead atoms. The standard InChI is InChI=1S/C12H21BO2/c1-5-13-14-10-7-8-6-9(11(8,2)3)12(10,4)15-13/h8-10H,5-7H2,1-4H3/t8-,9-,10+,12-/m0/s1. The second-order valence-electron chi connectivity index (χ2n) is 6.31. The molecule has 0 radical (unpaired) electrons. The molecule has 3 aliphatic carbocycles. The fourth-order valence-corrected chi connectivity index (χ4v) is 4.13. The van der Waals surface area contributed by atoms with Crippen LogP contribution in [-0.2, 0) is 9.31 Å². The Kier molecular flexibility index (Phi) is 1.90. The molecule has 3 saturated carbocycles. The number of hydrogen-bond donors (Lipinski definition) is 0. The second-order valence-corrected chi connectivity index (χ2v) is 6.31. The first-order valence-corrected chi connectivity index (χ1v) is 6.31. The molecule has 15 heavy (non-hydrogen) atoms. The average molecular weight is 208 g/mol. The minimum atomic E-state index is -0.00106. The quantitative estimate of drug-likeness (QED) is 0.617. The second kappa shape index (κ2) is 2.81. The summed E-state index contributed by atoms with van der Waals surface area (Å²) in [5, 5.41) is 0. The molecule has 0 aromatic carbocycles. The Morgan fingerprint density at radius 3 is 2.60 bits per heavy atom. The molecule has 1 saturated heterocycles. The van der Waals surface area contributed by atoms with E-state index in [4.69, 9.17) is 9.31 Å². The molecule has 2 nitrogen and oxygen atoms in total. The summed E-state index contributed by atoms with van der Waals surface area (Å²) in [6, 6.07) is 0. The Labute approximate surface area is 92.9 Å². The highest BCUT2D eigenvalue weighted by atomic mass is 16.7. The van der Waals surface area contributed by atoms with Gasteiger partial charge in [0, 0.05) is 0 Å². The molecule has 84 valence electrons. The van der Waals surface area contributed by atoms with Crippen LogP contribution in [0.1, 0.15) is 40.5 Å². The zero-order chi connectivity index (χ0) is 10.8. The van der Waals surface area contributed by atoms with Gasteiger partial charge in [0.05, 0.1) is 11.7 Å². The van der Waals surface area contributed by atoms with E-state index in [0.717, 1.165) is 12.2 Å². The third-order valence-electron chi connectivity index (χ3n) is 5.34. The van der Waals surface area contributed by atoms with Crippen molar-refractivity contribution in [3.05, 3.63) is 0 Å². The van der Waals surface area contributed by atoms with Crippen molar-refractivity contribution in [1.29, 1.82) is 0 Å². The molecule has 4 rings (SSSR count). The Hall–Kier alpha value is -0.0151. The summed E-state index contributed by atoms with van der Waals surface area (Å²) >= 11 is 0. The third-order valence-corrected chi connectivity index (χ3v) is 5.34. The monoisotopic (exact) mass is 208 g/mol. The van der Waals surface area contributed by atoms with Crippen molar-refractivity contribution in [3.63, 3.8) is 0 Å². The first-order chi connectivity index (χ1) is 6.98. The van der Waals surface area contributed by atoms with Crippen LogP contribution in [0.15, 0.2) is 0 Å². The summed E-state index contributed by atoms with van der Waals surface area (Å²) in [6.45, 7) is 9.21.